The number of aromatic hydroxyl groups is 1. The minimum Gasteiger partial charge on any atom is -0.508 e. The van der Waals surface area contributed by atoms with E-state index in [-0.39, 0.29) is 10.8 Å². The highest BCUT2D eigenvalue weighted by atomic mass is 16.3. The van der Waals surface area contributed by atoms with E-state index in [1.807, 2.05) is 6.07 Å². The molecule has 0 spiro atoms. The van der Waals surface area contributed by atoms with E-state index in [4.69, 9.17) is 0 Å². The molecule has 134 valence electrons. The average molecular weight is 330 g/mol. The third kappa shape index (κ3) is 2.49. The Bertz CT molecular complexity index is 618. The first-order chi connectivity index (χ1) is 11.2. The van der Waals surface area contributed by atoms with Gasteiger partial charge in [-0.15, -0.1) is 0 Å². The van der Waals surface area contributed by atoms with Crippen LogP contribution in [0.25, 0.3) is 0 Å². The summed E-state index contributed by atoms with van der Waals surface area (Å²) in [5.41, 5.74) is 3.66. The van der Waals surface area contributed by atoms with Crippen molar-refractivity contribution in [2.24, 2.45) is 10.8 Å². The number of fused-ring (bicyclic) bond motifs is 4. The van der Waals surface area contributed by atoms with Gasteiger partial charge in [-0.1, -0.05) is 47.6 Å². The monoisotopic (exact) mass is 329 g/mol. The molecule has 1 aromatic rings. The second-order valence-electron chi connectivity index (χ2n) is 9.46. The summed E-state index contributed by atoms with van der Waals surface area (Å²) in [6.45, 7) is 16.8. The Morgan fingerprint density at radius 1 is 1.25 bits per heavy atom. The summed E-state index contributed by atoms with van der Waals surface area (Å²) in [7, 11) is 0. The predicted octanol–water partition coefficient (Wildman–Crippen LogP) is 5.13. The van der Waals surface area contributed by atoms with Gasteiger partial charge in [-0.2, -0.15) is 0 Å². The molecule has 0 aromatic heterocycles. The van der Waals surface area contributed by atoms with Crippen LogP contribution >= 0.6 is 0 Å². The molecule has 2 bridgehead atoms. The Morgan fingerprint density at radius 2 is 1.96 bits per heavy atom. The van der Waals surface area contributed by atoms with Gasteiger partial charge in [0.25, 0.3) is 0 Å². The molecule has 2 atom stereocenters. The molecule has 3 rings (SSSR count). The molecular weight excluding hydrogens is 294 g/mol. The average Bonchev–Trinajstić information content (AvgIpc) is 2.51. The molecule has 2 aliphatic rings. The minimum absolute atomic E-state index is 0.191. The van der Waals surface area contributed by atoms with Crippen molar-refractivity contribution in [2.75, 3.05) is 13.1 Å². The third-order valence-electron chi connectivity index (χ3n) is 7.55. The molecule has 1 aliphatic heterocycles. The maximum Gasteiger partial charge on any atom is 0.115 e. The van der Waals surface area contributed by atoms with E-state index in [2.05, 4.69) is 58.6 Å². The van der Waals surface area contributed by atoms with Gasteiger partial charge in [0.2, 0.25) is 0 Å². The lowest BCUT2D eigenvalue weighted by atomic mass is 9.49. The summed E-state index contributed by atoms with van der Waals surface area (Å²) < 4.78 is 0. The van der Waals surface area contributed by atoms with Gasteiger partial charge in [0.05, 0.1) is 0 Å². The normalized spacial score (nSPS) is 29.3. The van der Waals surface area contributed by atoms with Crippen molar-refractivity contribution in [3.63, 3.8) is 0 Å². The van der Waals surface area contributed by atoms with E-state index >= 15 is 0 Å². The maximum atomic E-state index is 10.1. The first-order valence-electron chi connectivity index (χ1n) is 9.73. The zero-order chi connectivity index (χ0) is 17.8. The molecule has 0 saturated carbocycles. The van der Waals surface area contributed by atoms with Crippen LogP contribution < -0.4 is 0 Å². The van der Waals surface area contributed by atoms with Gasteiger partial charge < -0.3 is 5.11 Å². The van der Waals surface area contributed by atoms with Gasteiger partial charge in [-0.25, -0.2) is 0 Å². The number of rotatable bonds is 4. The third-order valence-corrected chi connectivity index (χ3v) is 7.55. The largest absolute Gasteiger partial charge is 0.508 e. The topological polar surface area (TPSA) is 23.5 Å². The number of phenolic OH excluding ortho intramolecular Hbond substituents is 1. The fraction of sp³-hybridized carbons (Fsp3) is 0.727. The van der Waals surface area contributed by atoms with Crippen molar-refractivity contribution in [3.8, 4) is 5.75 Å². The second-order valence-corrected chi connectivity index (χ2v) is 9.46. The van der Waals surface area contributed by atoms with Crippen molar-refractivity contribution in [1.29, 1.82) is 0 Å². The Hall–Kier alpha value is -1.02. The molecule has 1 N–H and O–H groups in total. The number of phenols is 1. The van der Waals surface area contributed by atoms with Gasteiger partial charge >= 0.3 is 0 Å². The first kappa shape index (κ1) is 17.8. The molecule has 24 heavy (non-hydrogen) atoms. The van der Waals surface area contributed by atoms with Gasteiger partial charge in [0.15, 0.2) is 0 Å². The number of hydrogen-bond acceptors (Lipinski definition) is 2. The van der Waals surface area contributed by atoms with E-state index in [1.165, 1.54) is 37.1 Å². The number of likely N-dealkylation sites (tertiary alicyclic amines) is 1. The fourth-order valence-electron chi connectivity index (χ4n) is 5.52. The smallest absolute Gasteiger partial charge is 0.115 e. The zero-order valence-electron chi connectivity index (χ0n) is 16.4. The summed E-state index contributed by atoms with van der Waals surface area (Å²) >= 11 is 0. The number of nitrogens with zero attached hydrogens (tertiary/aromatic N) is 1. The van der Waals surface area contributed by atoms with Crippen molar-refractivity contribution in [3.05, 3.63) is 29.3 Å². The van der Waals surface area contributed by atoms with E-state index in [0.717, 1.165) is 12.8 Å². The maximum absolute atomic E-state index is 10.1. The summed E-state index contributed by atoms with van der Waals surface area (Å²) in [5.74, 6) is 0.422. The second kappa shape index (κ2) is 5.76. The summed E-state index contributed by atoms with van der Waals surface area (Å²) in [6, 6.07) is 6.69. The van der Waals surface area contributed by atoms with Crippen molar-refractivity contribution in [1.82, 2.24) is 4.90 Å². The highest BCUT2D eigenvalue weighted by molar-refractivity contribution is 5.46. The Kier molecular flexibility index (Phi) is 4.27. The highest BCUT2D eigenvalue weighted by Crippen LogP contribution is 2.58. The lowest BCUT2D eigenvalue weighted by Crippen LogP contribution is -2.65. The van der Waals surface area contributed by atoms with Gasteiger partial charge in [-0.05, 0) is 66.3 Å². The Labute approximate surface area is 148 Å². The van der Waals surface area contributed by atoms with Crippen LogP contribution in [0.3, 0.4) is 0 Å². The molecule has 0 radical (unpaired) electrons. The molecule has 1 saturated heterocycles. The van der Waals surface area contributed by atoms with E-state index in [9.17, 15) is 5.11 Å². The minimum atomic E-state index is 0.191. The lowest BCUT2D eigenvalue weighted by molar-refractivity contribution is -0.0613. The van der Waals surface area contributed by atoms with Crippen LogP contribution in [-0.2, 0) is 11.8 Å². The zero-order valence-corrected chi connectivity index (χ0v) is 16.4. The molecule has 0 amide bonds. The molecule has 2 heteroatoms. The van der Waals surface area contributed by atoms with E-state index < -0.39 is 0 Å². The standard InChI is InChI=1S/C22H35NO/c1-7-20(3,4)15-23-12-11-22(8-2)18-14-17(24)10-9-16(18)13-19(23)21(22,5)6/h9-10,14,19,24H,7-8,11-13,15H2,1-6H3. The molecular formula is C22H35NO. The molecule has 1 fully saturated rings. The van der Waals surface area contributed by atoms with Gasteiger partial charge in [0, 0.05) is 18.0 Å². The van der Waals surface area contributed by atoms with Crippen molar-refractivity contribution < 1.29 is 5.11 Å². The van der Waals surface area contributed by atoms with E-state index in [1.54, 1.807) is 0 Å². The molecule has 1 aromatic carbocycles. The van der Waals surface area contributed by atoms with Crippen LogP contribution in [0.2, 0.25) is 0 Å². The van der Waals surface area contributed by atoms with Crippen molar-refractivity contribution in [2.45, 2.75) is 78.7 Å². The molecule has 2 nitrogen and oxygen atoms in total. The van der Waals surface area contributed by atoms with Crippen LogP contribution in [0, 0.1) is 10.8 Å². The van der Waals surface area contributed by atoms with Crippen LogP contribution in [0.15, 0.2) is 18.2 Å². The van der Waals surface area contributed by atoms with Crippen LogP contribution in [0.4, 0.5) is 0 Å². The number of piperidine rings is 1. The number of hydrogen-bond donors (Lipinski definition) is 1. The fourth-order valence-corrected chi connectivity index (χ4v) is 5.52. The molecule has 2 unspecified atom stereocenters. The Balaban J connectivity index is 2.06. The van der Waals surface area contributed by atoms with Gasteiger partial charge in [-0.3, -0.25) is 4.90 Å². The van der Waals surface area contributed by atoms with Crippen LogP contribution in [0.1, 0.15) is 71.9 Å². The molecule has 1 aliphatic carbocycles. The Morgan fingerprint density at radius 3 is 2.58 bits per heavy atom. The van der Waals surface area contributed by atoms with Crippen molar-refractivity contribution >= 4 is 0 Å². The summed E-state index contributed by atoms with van der Waals surface area (Å²) in [4.78, 5) is 2.77. The van der Waals surface area contributed by atoms with E-state index in [0.29, 0.717) is 17.2 Å². The van der Waals surface area contributed by atoms with Gasteiger partial charge in [0.1, 0.15) is 5.75 Å². The molecule has 1 heterocycles. The predicted molar refractivity (Wildman–Crippen MR) is 102 cm³/mol. The summed E-state index contributed by atoms with van der Waals surface area (Å²) in [6.07, 6.45) is 4.69. The lowest BCUT2D eigenvalue weighted by Gasteiger charge is -2.63. The SMILES string of the molecule is CCC(C)(C)CN1CCC2(CC)c3cc(O)ccc3CC1C2(C)C. The quantitative estimate of drug-likeness (QED) is 0.827. The number of benzene rings is 1. The highest BCUT2D eigenvalue weighted by Gasteiger charge is 2.57. The van der Waals surface area contributed by atoms with Crippen LogP contribution in [0.5, 0.6) is 5.75 Å². The first-order valence-corrected chi connectivity index (χ1v) is 9.73. The van der Waals surface area contributed by atoms with Crippen LogP contribution in [-0.4, -0.2) is 29.1 Å². The summed E-state index contributed by atoms with van der Waals surface area (Å²) in [5, 5.41) is 10.1.